The van der Waals surface area contributed by atoms with E-state index in [9.17, 15) is 14.0 Å². The van der Waals surface area contributed by atoms with Crippen LogP contribution in [-0.4, -0.2) is 16.7 Å². The number of allylic oxidation sites excluding steroid dienone is 1. The van der Waals surface area contributed by atoms with Gasteiger partial charge in [0.1, 0.15) is 17.3 Å². The lowest BCUT2D eigenvalue weighted by Crippen LogP contribution is -2.10. The molecule has 0 saturated carbocycles. The molecule has 28 heavy (non-hydrogen) atoms. The lowest BCUT2D eigenvalue weighted by Gasteiger charge is -2.08. The topological polar surface area (TPSA) is 65.5 Å². The molecule has 0 fully saturated rings. The Bertz CT molecular complexity index is 1120. The van der Waals surface area contributed by atoms with Gasteiger partial charge in [-0.2, -0.15) is 0 Å². The van der Waals surface area contributed by atoms with E-state index in [0.717, 1.165) is 5.56 Å². The maximum Gasteiger partial charge on any atom is 0.346 e. The van der Waals surface area contributed by atoms with Crippen molar-refractivity contribution in [3.05, 3.63) is 94.8 Å². The fraction of sp³-hybridized carbons (Fsp3) is 0.0455. The zero-order chi connectivity index (χ0) is 19.7. The quantitative estimate of drug-likeness (QED) is 0.386. The smallest absolute Gasteiger partial charge is 0.346 e. The van der Waals surface area contributed by atoms with Crippen LogP contribution in [0, 0.1) is 12.7 Å². The molecule has 3 aromatic rings. The van der Waals surface area contributed by atoms with Crippen LogP contribution in [0.25, 0.3) is 6.08 Å². The van der Waals surface area contributed by atoms with Crippen LogP contribution in [0.4, 0.5) is 4.39 Å². The summed E-state index contributed by atoms with van der Waals surface area (Å²) in [6.45, 7) is 1.72. The third-order valence-corrected chi connectivity index (χ3v) is 4.25. The minimum Gasteiger partial charge on any atom is -0.452 e. The molecule has 138 valence electrons. The number of ether oxygens (including phenoxy) is 2. The minimum absolute atomic E-state index is 0.168. The van der Waals surface area contributed by atoms with Crippen molar-refractivity contribution in [1.82, 2.24) is 4.98 Å². The third kappa shape index (κ3) is 3.27. The largest absolute Gasteiger partial charge is 0.452 e. The molecule has 2 aromatic carbocycles. The minimum atomic E-state index is -0.825. The number of aromatic nitrogens is 1. The van der Waals surface area contributed by atoms with Gasteiger partial charge in [-0.15, -0.1) is 0 Å². The first-order chi connectivity index (χ1) is 13.5. The van der Waals surface area contributed by atoms with E-state index in [1.165, 1.54) is 24.3 Å². The summed E-state index contributed by atoms with van der Waals surface area (Å²) in [5.74, 6) is -1.11. The van der Waals surface area contributed by atoms with Crippen molar-refractivity contribution in [3.63, 3.8) is 0 Å². The van der Waals surface area contributed by atoms with Gasteiger partial charge in [0.2, 0.25) is 5.78 Å². The van der Waals surface area contributed by atoms with Crippen LogP contribution in [0.5, 0.6) is 11.5 Å². The first-order valence-corrected chi connectivity index (χ1v) is 8.48. The molecule has 0 unspecified atom stereocenters. The molecule has 0 saturated heterocycles. The summed E-state index contributed by atoms with van der Waals surface area (Å²) in [7, 11) is 0. The number of ketones is 1. The zero-order valence-corrected chi connectivity index (χ0v) is 14.8. The molecule has 0 amide bonds. The van der Waals surface area contributed by atoms with Crippen molar-refractivity contribution >= 4 is 17.8 Å². The maximum absolute atomic E-state index is 13.8. The number of halogens is 1. The first kappa shape index (κ1) is 17.6. The molecule has 0 radical (unpaired) electrons. The second-order valence-electron chi connectivity index (χ2n) is 6.20. The van der Waals surface area contributed by atoms with E-state index in [-0.39, 0.29) is 22.9 Å². The molecule has 1 aliphatic heterocycles. The van der Waals surface area contributed by atoms with Gasteiger partial charge in [0.15, 0.2) is 5.76 Å². The van der Waals surface area contributed by atoms with E-state index >= 15 is 0 Å². The molecule has 1 aromatic heterocycles. The molecule has 0 spiro atoms. The van der Waals surface area contributed by atoms with Crippen molar-refractivity contribution in [2.24, 2.45) is 0 Å². The van der Waals surface area contributed by atoms with Gasteiger partial charge in [0.05, 0.1) is 11.1 Å². The second kappa shape index (κ2) is 7.08. The number of hydrogen-bond acceptors (Lipinski definition) is 5. The standard InChI is InChI=1S/C22H14FNO4/c1-13-10-15(27-22(26)16-4-2-3-5-17(16)23)12-18-20(13)21(25)19(28-18)11-14-6-8-24-9-7-14/h2-12H,1H3/b19-11-. The zero-order valence-electron chi connectivity index (χ0n) is 14.8. The van der Waals surface area contributed by atoms with Gasteiger partial charge in [-0.25, -0.2) is 9.18 Å². The summed E-state index contributed by atoms with van der Waals surface area (Å²) in [5.41, 5.74) is 1.61. The number of benzene rings is 2. The summed E-state index contributed by atoms with van der Waals surface area (Å²) in [6, 6.07) is 12.1. The number of esters is 1. The van der Waals surface area contributed by atoms with E-state index in [0.29, 0.717) is 16.9 Å². The Hall–Kier alpha value is -3.80. The van der Waals surface area contributed by atoms with Gasteiger partial charge in [-0.1, -0.05) is 12.1 Å². The molecule has 1 aliphatic rings. The number of carbonyl (C=O) groups excluding carboxylic acids is 2. The summed E-state index contributed by atoms with van der Waals surface area (Å²) in [4.78, 5) is 28.8. The van der Waals surface area contributed by atoms with Crippen molar-refractivity contribution in [2.45, 2.75) is 6.92 Å². The molecule has 6 heteroatoms. The normalized spacial score (nSPS) is 13.9. The number of aryl methyl sites for hydroxylation is 1. The summed E-state index contributed by atoms with van der Waals surface area (Å²) in [5, 5.41) is 0. The Morgan fingerprint density at radius 2 is 1.89 bits per heavy atom. The van der Waals surface area contributed by atoms with E-state index in [1.807, 2.05) is 0 Å². The Morgan fingerprint density at radius 3 is 2.64 bits per heavy atom. The predicted octanol–water partition coefficient (Wildman–Crippen LogP) is 4.36. The molecule has 4 rings (SSSR count). The highest BCUT2D eigenvalue weighted by Crippen LogP contribution is 2.37. The SMILES string of the molecule is Cc1cc(OC(=O)c2ccccc2F)cc2c1C(=O)/C(=C/c1ccncc1)O2. The number of carbonyl (C=O) groups is 2. The maximum atomic E-state index is 13.8. The highest BCUT2D eigenvalue weighted by Gasteiger charge is 2.30. The average Bonchev–Trinajstić information content (AvgIpc) is 2.98. The number of fused-ring (bicyclic) bond motifs is 1. The van der Waals surface area contributed by atoms with Crippen LogP contribution in [0.15, 0.2) is 66.7 Å². The summed E-state index contributed by atoms with van der Waals surface area (Å²) >= 11 is 0. The van der Waals surface area contributed by atoms with E-state index in [4.69, 9.17) is 9.47 Å². The van der Waals surface area contributed by atoms with E-state index in [2.05, 4.69) is 4.98 Å². The summed E-state index contributed by atoms with van der Waals surface area (Å²) in [6.07, 6.45) is 4.85. The molecule has 2 heterocycles. The number of rotatable bonds is 3. The van der Waals surface area contributed by atoms with E-state index < -0.39 is 11.8 Å². The average molecular weight is 375 g/mol. The Balaban J connectivity index is 1.63. The van der Waals surface area contributed by atoms with Crippen molar-refractivity contribution < 1.29 is 23.5 Å². The molecule has 5 nitrogen and oxygen atoms in total. The fourth-order valence-electron chi connectivity index (χ4n) is 2.94. The molecule has 0 bridgehead atoms. The number of hydrogen-bond donors (Lipinski definition) is 0. The molecular weight excluding hydrogens is 361 g/mol. The molecule has 0 atom stereocenters. The molecule has 0 aliphatic carbocycles. The van der Waals surface area contributed by atoms with Gasteiger partial charge < -0.3 is 9.47 Å². The lowest BCUT2D eigenvalue weighted by molar-refractivity contribution is 0.0729. The Labute approximate surface area is 160 Å². The van der Waals surface area contributed by atoms with Crippen LogP contribution in [0.1, 0.15) is 31.8 Å². The van der Waals surface area contributed by atoms with Gasteiger partial charge in [-0.3, -0.25) is 9.78 Å². The number of pyridine rings is 1. The van der Waals surface area contributed by atoms with Crippen molar-refractivity contribution in [2.75, 3.05) is 0 Å². The van der Waals surface area contributed by atoms with Gasteiger partial charge in [0.25, 0.3) is 0 Å². The number of Topliss-reactive ketones (excluding diaryl/α,β-unsaturated/α-hetero) is 1. The van der Waals surface area contributed by atoms with Crippen molar-refractivity contribution in [3.8, 4) is 11.5 Å². The van der Waals surface area contributed by atoms with Crippen LogP contribution >= 0.6 is 0 Å². The van der Waals surface area contributed by atoms with Crippen LogP contribution in [-0.2, 0) is 0 Å². The van der Waals surface area contributed by atoms with E-state index in [1.54, 1.807) is 49.7 Å². The highest BCUT2D eigenvalue weighted by atomic mass is 19.1. The lowest BCUT2D eigenvalue weighted by atomic mass is 10.0. The highest BCUT2D eigenvalue weighted by molar-refractivity contribution is 6.15. The number of nitrogens with zero attached hydrogens (tertiary/aromatic N) is 1. The van der Waals surface area contributed by atoms with Gasteiger partial charge in [0, 0.05) is 18.5 Å². The van der Waals surface area contributed by atoms with Crippen molar-refractivity contribution in [1.29, 1.82) is 0 Å². The van der Waals surface area contributed by atoms with Gasteiger partial charge in [-0.05, 0) is 54.5 Å². The Morgan fingerprint density at radius 1 is 1.14 bits per heavy atom. The second-order valence-corrected chi connectivity index (χ2v) is 6.20. The van der Waals surface area contributed by atoms with Crippen LogP contribution in [0.3, 0.4) is 0 Å². The Kier molecular flexibility index (Phi) is 4.45. The summed E-state index contributed by atoms with van der Waals surface area (Å²) < 4.78 is 24.7. The first-order valence-electron chi connectivity index (χ1n) is 8.48. The van der Waals surface area contributed by atoms with Crippen LogP contribution in [0.2, 0.25) is 0 Å². The monoisotopic (exact) mass is 375 g/mol. The molecular formula is C22H14FNO4. The van der Waals surface area contributed by atoms with Gasteiger partial charge >= 0.3 is 5.97 Å². The van der Waals surface area contributed by atoms with Crippen LogP contribution < -0.4 is 9.47 Å². The molecule has 0 N–H and O–H groups in total. The predicted molar refractivity (Wildman–Crippen MR) is 99.7 cm³/mol. The third-order valence-electron chi connectivity index (χ3n) is 4.25. The fourth-order valence-corrected chi connectivity index (χ4v) is 2.94.